The van der Waals surface area contributed by atoms with Crippen LogP contribution < -0.4 is 15.2 Å². The van der Waals surface area contributed by atoms with Gasteiger partial charge in [-0.3, -0.25) is 0 Å². The quantitative estimate of drug-likeness (QED) is 0.854. The Morgan fingerprint density at radius 3 is 2.80 bits per heavy atom. The molecule has 1 aromatic carbocycles. The molecule has 0 bridgehead atoms. The van der Waals surface area contributed by atoms with Crippen molar-refractivity contribution in [2.75, 3.05) is 6.79 Å². The average molecular weight is 274 g/mol. The van der Waals surface area contributed by atoms with Gasteiger partial charge in [0.25, 0.3) is 0 Å². The molecule has 0 spiro atoms. The summed E-state index contributed by atoms with van der Waals surface area (Å²) in [4.78, 5) is 0. The molecule has 0 amide bonds. The molecule has 1 aromatic rings. The van der Waals surface area contributed by atoms with E-state index in [-0.39, 0.29) is 12.6 Å². The van der Waals surface area contributed by atoms with Crippen LogP contribution in [0, 0.1) is 5.82 Å². The second kappa shape index (κ2) is 2.86. The number of ether oxygens (including phenoxy) is 2. The largest absolute Gasteiger partial charge is 0.454 e. The van der Waals surface area contributed by atoms with Gasteiger partial charge in [0.2, 0.25) is 6.79 Å². The molecule has 1 saturated carbocycles. The van der Waals surface area contributed by atoms with Gasteiger partial charge in [0.1, 0.15) is 5.82 Å². The summed E-state index contributed by atoms with van der Waals surface area (Å²) in [5, 5.41) is 0. The fourth-order valence-corrected chi connectivity index (χ4v) is 2.22. The van der Waals surface area contributed by atoms with E-state index in [2.05, 4.69) is 15.9 Å². The lowest BCUT2D eigenvalue weighted by Gasteiger charge is -2.14. The zero-order chi connectivity index (χ0) is 10.6. The topological polar surface area (TPSA) is 44.5 Å². The summed E-state index contributed by atoms with van der Waals surface area (Å²) in [5.41, 5.74) is 5.90. The first-order chi connectivity index (χ1) is 7.12. The molecule has 0 unspecified atom stereocenters. The fraction of sp³-hybridized carbons (Fsp3) is 0.400. The van der Waals surface area contributed by atoms with Gasteiger partial charge in [0.15, 0.2) is 11.5 Å². The minimum absolute atomic E-state index is 0.133. The lowest BCUT2D eigenvalue weighted by molar-refractivity contribution is 0.172. The summed E-state index contributed by atoms with van der Waals surface area (Å²) >= 11 is 3.15. The maximum absolute atomic E-state index is 13.9. The molecule has 2 N–H and O–H groups in total. The van der Waals surface area contributed by atoms with E-state index in [0.29, 0.717) is 21.5 Å². The molecule has 2 aliphatic rings. The first-order valence-corrected chi connectivity index (χ1v) is 5.48. The Morgan fingerprint density at radius 1 is 1.40 bits per heavy atom. The molecule has 3 rings (SSSR count). The van der Waals surface area contributed by atoms with Crippen molar-refractivity contribution < 1.29 is 13.9 Å². The molecule has 0 aromatic heterocycles. The molecule has 1 aliphatic heterocycles. The highest BCUT2D eigenvalue weighted by atomic mass is 79.9. The Balaban J connectivity index is 2.26. The van der Waals surface area contributed by atoms with Gasteiger partial charge >= 0.3 is 0 Å². The second-order valence-corrected chi connectivity index (χ2v) is 4.79. The number of nitrogens with two attached hydrogens (primary N) is 1. The SMILES string of the molecule is NC1(c2c(F)c(Br)cc3c2OCO3)CC1. The Labute approximate surface area is 94.5 Å². The summed E-state index contributed by atoms with van der Waals surface area (Å²) in [6, 6.07) is 1.58. The maximum Gasteiger partial charge on any atom is 0.231 e. The Kier molecular flexibility index (Phi) is 1.79. The van der Waals surface area contributed by atoms with Crippen LogP contribution in [-0.2, 0) is 5.54 Å². The molecule has 3 nitrogen and oxygen atoms in total. The fourth-order valence-electron chi connectivity index (χ4n) is 1.82. The number of halogens is 2. The van der Waals surface area contributed by atoms with Gasteiger partial charge in [-0.1, -0.05) is 0 Å². The predicted molar refractivity (Wildman–Crippen MR) is 55.3 cm³/mol. The molecule has 80 valence electrons. The number of benzene rings is 1. The number of hydrogen-bond donors (Lipinski definition) is 1. The van der Waals surface area contributed by atoms with Crippen molar-refractivity contribution in [2.24, 2.45) is 5.73 Å². The van der Waals surface area contributed by atoms with Crippen LogP contribution in [0.15, 0.2) is 10.5 Å². The van der Waals surface area contributed by atoms with Crippen molar-refractivity contribution in [3.63, 3.8) is 0 Å². The predicted octanol–water partition coefficient (Wildman–Crippen LogP) is 2.26. The third-order valence-corrected chi connectivity index (χ3v) is 3.42. The van der Waals surface area contributed by atoms with Crippen LogP contribution in [0.25, 0.3) is 0 Å². The molecule has 0 radical (unpaired) electrons. The van der Waals surface area contributed by atoms with E-state index in [1.54, 1.807) is 6.07 Å². The molecule has 1 fully saturated rings. The Morgan fingerprint density at radius 2 is 2.13 bits per heavy atom. The highest BCUT2D eigenvalue weighted by molar-refractivity contribution is 9.10. The summed E-state index contributed by atoms with van der Waals surface area (Å²) in [5.74, 6) is 0.699. The first kappa shape index (κ1) is 9.42. The zero-order valence-corrected chi connectivity index (χ0v) is 9.43. The van der Waals surface area contributed by atoms with Gasteiger partial charge in [-0.25, -0.2) is 4.39 Å². The molecule has 1 aliphatic carbocycles. The lowest BCUT2D eigenvalue weighted by atomic mass is 10.0. The number of rotatable bonds is 1. The molecule has 15 heavy (non-hydrogen) atoms. The number of fused-ring (bicyclic) bond motifs is 1. The van der Waals surface area contributed by atoms with E-state index in [4.69, 9.17) is 15.2 Å². The number of hydrogen-bond acceptors (Lipinski definition) is 3. The molecule has 0 atom stereocenters. The maximum atomic E-state index is 13.9. The summed E-state index contributed by atoms with van der Waals surface area (Å²) in [6.45, 7) is 0.133. The van der Waals surface area contributed by atoms with Gasteiger partial charge in [-0.15, -0.1) is 0 Å². The van der Waals surface area contributed by atoms with Crippen molar-refractivity contribution >= 4 is 15.9 Å². The second-order valence-electron chi connectivity index (χ2n) is 3.94. The van der Waals surface area contributed by atoms with Gasteiger partial charge in [-0.05, 0) is 28.8 Å². The zero-order valence-electron chi connectivity index (χ0n) is 7.85. The molecular formula is C10H9BrFNO2. The smallest absolute Gasteiger partial charge is 0.231 e. The van der Waals surface area contributed by atoms with Crippen LogP contribution in [0.2, 0.25) is 0 Å². The van der Waals surface area contributed by atoms with Crippen molar-refractivity contribution in [1.29, 1.82) is 0 Å². The minimum atomic E-state index is -0.564. The van der Waals surface area contributed by atoms with Crippen LogP contribution >= 0.6 is 15.9 Å². The van der Waals surface area contributed by atoms with Crippen molar-refractivity contribution in [3.05, 3.63) is 21.9 Å². The molecule has 0 saturated heterocycles. The minimum Gasteiger partial charge on any atom is -0.454 e. The van der Waals surface area contributed by atoms with Crippen molar-refractivity contribution in [3.8, 4) is 11.5 Å². The average Bonchev–Trinajstić information content (AvgIpc) is 2.76. The highest BCUT2D eigenvalue weighted by Crippen LogP contribution is 2.53. The van der Waals surface area contributed by atoms with E-state index in [1.807, 2.05) is 0 Å². The molecule has 5 heteroatoms. The Hall–Kier alpha value is -0.810. The first-order valence-electron chi connectivity index (χ1n) is 4.69. The van der Waals surface area contributed by atoms with Crippen LogP contribution in [0.1, 0.15) is 18.4 Å². The van der Waals surface area contributed by atoms with E-state index in [1.165, 1.54) is 0 Å². The Bertz CT molecular complexity index is 446. The summed E-state index contributed by atoms with van der Waals surface area (Å²) < 4.78 is 24.8. The standard InChI is InChI=1S/C10H9BrFNO2/c11-5-3-6-9(15-4-14-6)7(8(5)12)10(13)1-2-10/h3H,1-2,4,13H2. The van der Waals surface area contributed by atoms with Gasteiger partial charge in [-0.2, -0.15) is 0 Å². The summed E-state index contributed by atoms with van der Waals surface area (Å²) in [7, 11) is 0. The lowest BCUT2D eigenvalue weighted by Crippen LogP contribution is -2.21. The van der Waals surface area contributed by atoms with Crippen molar-refractivity contribution in [2.45, 2.75) is 18.4 Å². The van der Waals surface area contributed by atoms with Crippen molar-refractivity contribution in [1.82, 2.24) is 0 Å². The third-order valence-electron chi connectivity index (χ3n) is 2.84. The van der Waals surface area contributed by atoms with Gasteiger partial charge in [0.05, 0.1) is 10.0 Å². The van der Waals surface area contributed by atoms with E-state index in [0.717, 1.165) is 12.8 Å². The van der Waals surface area contributed by atoms with Gasteiger partial charge < -0.3 is 15.2 Å². The van der Waals surface area contributed by atoms with Crippen LogP contribution in [0.5, 0.6) is 11.5 Å². The van der Waals surface area contributed by atoms with Gasteiger partial charge in [0, 0.05) is 11.6 Å². The highest BCUT2D eigenvalue weighted by Gasteiger charge is 2.46. The molecule has 1 heterocycles. The normalized spacial score (nSPS) is 20.5. The van der Waals surface area contributed by atoms with E-state index in [9.17, 15) is 4.39 Å². The van der Waals surface area contributed by atoms with Crippen LogP contribution in [0.4, 0.5) is 4.39 Å². The van der Waals surface area contributed by atoms with Crippen LogP contribution in [-0.4, -0.2) is 6.79 Å². The molecular weight excluding hydrogens is 265 g/mol. The summed E-state index contributed by atoms with van der Waals surface area (Å²) in [6.07, 6.45) is 1.58. The van der Waals surface area contributed by atoms with Crippen LogP contribution in [0.3, 0.4) is 0 Å². The monoisotopic (exact) mass is 273 g/mol. The third kappa shape index (κ3) is 1.26. The van der Waals surface area contributed by atoms with E-state index >= 15 is 0 Å². The van der Waals surface area contributed by atoms with E-state index < -0.39 is 5.54 Å².